The molecule has 1 heterocycles. The number of carbonyl (C=O) groups excluding carboxylic acids is 2. The first-order valence-electron chi connectivity index (χ1n) is 12.1. The van der Waals surface area contributed by atoms with Gasteiger partial charge in [0.25, 0.3) is 0 Å². The predicted molar refractivity (Wildman–Crippen MR) is 131 cm³/mol. The molecule has 0 aromatic carbocycles. The maximum Gasteiger partial charge on any atom is 0.336 e. The third-order valence-corrected chi connectivity index (χ3v) is 11.0. The molecular weight excluding hydrogens is 440 g/mol. The lowest BCUT2D eigenvalue weighted by atomic mass is 9.96. The minimum Gasteiger partial charge on any atom is -0.466 e. The van der Waals surface area contributed by atoms with Crippen LogP contribution in [-0.2, 0) is 33.0 Å². The Morgan fingerprint density at radius 1 is 1.03 bits per heavy atom. The molecule has 1 fully saturated rings. The van der Waals surface area contributed by atoms with E-state index in [1.165, 1.54) is 33.5 Å². The van der Waals surface area contributed by atoms with Crippen LogP contribution in [-0.4, -0.2) is 58.6 Å². The van der Waals surface area contributed by atoms with Crippen molar-refractivity contribution in [1.29, 1.82) is 0 Å². The fourth-order valence-electron chi connectivity index (χ4n) is 3.66. The highest BCUT2D eigenvalue weighted by Crippen LogP contribution is 2.42. The molecule has 0 aromatic rings. The fourth-order valence-corrected chi connectivity index (χ4v) is 5.02. The summed E-state index contributed by atoms with van der Waals surface area (Å²) in [6.07, 6.45) is 5.92. The van der Waals surface area contributed by atoms with Crippen molar-refractivity contribution < 1.29 is 33.0 Å². The van der Waals surface area contributed by atoms with Crippen LogP contribution in [0.5, 0.6) is 0 Å². The van der Waals surface area contributed by atoms with Crippen molar-refractivity contribution in [3.63, 3.8) is 0 Å². The second-order valence-electron chi connectivity index (χ2n) is 10.8. The molecule has 0 saturated carbocycles. The van der Waals surface area contributed by atoms with Crippen molar-refractivity contribution in [3.05, 3.63) is 11.6 Å². The van der Waals surface area contributed by atoms with Crippen LogP contribution in [0.2, 0.25) is 18.1 Å². The van der Waals surface area contributed by atoms with E-state index in [-0.39, 0.29) is 16.7 Å². The molecule has 192 valence electrons. The summed E-state index contributed by atoms with van der Waals surface area (Å²) in [4.78, 5) is 24.7. The maximum absolute atomic E-state index is 12.6. The Morgan fingerprint density at radius 2 is 1.64 bits per heavy atom. The van der Waals surface area contributed by atoms with Gasteiger partial charge in [0.05, 0.1) is 25.9 Å². The number of carbonyl (C=O) groups is 2. The van der Waals surface area contributed by atoms with Gasteiger partial charge < -0.3 is 23.4 Å². The zero-order valence-electron chi connectivity index (χ0n) is 22.4. The van der Waals surface area contributed by atoms with E-state index in [0.717, 1.165) is 25.3 Å². The van der Waals surface area contributed by atoms with Crippen molar-refractivity contribution in [2.75, 3.05) is 14.2 Å². The minimum atomic E-state index is -2.16. The zero-order chi connectivity index (χ0) is 25.4. The number of rotatable bonds is 12. The molecule has 1 aliphatic rings. The monoisotopic (exact) mass is 486 g/mol. The van der Waals surface area contributed by atoms with Gasteiger partial charge in [-0.3, -0.25) is 0 Å². The summed E-state index contributed by atoms with van der Waals surface area (Å²) < 4.78 is 29.1. The molecule has 0 aliphatic carbocycles. The highest BCUT2D eigenvalue weighted by atomic mass is 28.4. The number of hydrogen-bond donors (Lipinski definition) is 0. The zero-order valence-corrected chi connectivity index (χ0v) is 23.4. The second-order valence-corrected chi connectivity index (χ2v) is 15.5. The third-order valence-electron chi connectivity index (χ3n) is 6.54. The molecule has 0 N–H and O–H groups in total. The van der Waals surface area contributed by atoms with Crippen LogP contribution in [0.1, 0.15) is 80.1 Å². The van der Waals surface area contributed by atoms with Gasteiger partial charge in [-0.25, -0.2) is 9.59 Å². The normalized spacial score (nSPS) is 22.2. The molecule has 33 heavy (non-hydrogen) atoms. The van der Waals surface area contributed by atoms with Crippen molar-refractivity contribution in [1.82, 2.24) is 0 Å². The average Bonchev–Trinajstić information content (AvgIpc) is 3.04. The SMILES string of the molecule is CCCCCCCC(O[Si](C)(C)C(C)(C)C)C1OC(C)(C)OC1/C(=C/C(=O)OC)C(=O)OC. The van der Waals surface area contributed by atoms with E-state index in [9.17, 15) is 9.59 Å². The summed E-state index contributed by atoms with van der Waals surface area (Å²) in [6.45, 7) is 16.8. The van der Waals surface area contributed by atoms with Gasteiger partial charge in [0.1, 0.15) is 12.2 Å². The summed E-state index contributed by atoms with van der Waals surface area (Å²) in [5, 5.41) is 0.00493. The molecule has 1 rings (SSSR count). The lowest BCUT2D eigenvalue weighted by molar-refractivity contribution is -0.154. The van der Waals surface area contributed by atoms with Gasteiger partial charge in [0.15, 0.2) is 14.1 Å². The Bertz CT molecular complexity index is 679. The molecule has 1 aliphatic heterocycles. The summed E-state index contributed by atoms with van der Waals surface area (Å²) in [6, 6.07) is 0. The molecule has 0 amide bonds. The average molecular weight is 487 g/mol. The summed E-state index contributed by atoms with van der Waals surface area (Å²) in [5.41, 5.74) is 0.0785. The highest BCUT2D eigenvalue weighted by Gasteiger charge is 2.51. The lowest BCUT2D eigenvalue weighted by Crippen LogP contribution is -2.50. The molecule has 1 saturated heterocycles. The van der Waals surface area contributed by atoms with Crippen molar-refractivity contribution in [3.8, 4) is 0 Å². The van der Waals surface area contributed by atoms with Crippen LogP contribution < -0.4 is 0 Å². The van der Waals surface area contributed by atoms with Crippen LogP contribution in [0.3, 0.4) is 0 Å². The summed E-state index contributed by atoms with van der Waals surface area (Å²) in [5.74, 6) is -2.25. The predicted octanol–water partition coefficient (Wildman–Crippen LogP) is 5.53. The number of unbranched alkanes of at least 4 members (excludes halogenated alkanes) is 4. The Morgan fingerprint density at radius 3 is 2.15 bits per heavy atom. The molecule has 0 aromatic heterocycles. The van der Waals surface area contributed by atoms with E-state index < -0.39 is 38.3 Å². The van der Waals surface area contributed by atoms with Crippen LogP contribution in [0, 0.1) is 0 Å². The molecule has 3 unspecified atom stereocenters. The number of esters is 2. The Balaban J connectivity index is 3.34. The van der Waals surface area contributed by atoms with Crippen molar-refractivity contribution >= 4 is 20.3 Å². The van der Waals surface area contributed by atoms with E-state index >= 15 is 0 Å². The smallest absolute Gasteiger partial charge is 0.336 e. The molecule has 7 nitrogen and oxygen atoms in total. The van der Waals surface area contributed by atoms with Gasteiger partial charge in [-0.1, -0.05) is 59.8 Å². The Hall–Kier alpha value is -1.22. The first-order chi connectivity index (χ1) is 15.2. The number of ether oxygens (including phenoxy) is 4. The van der Waals surface area contributed by atoms with Crippen LogP contribution >= 0.6 is 0 Å². The molecule has 0 spiro atoms. The first-order valence-corrected chi connectivity index (χ1v) is 15.0. The fraction of sp³-hybridized carbons (Fsp3) is 0.840. The van der Waals surface area contributed by atoms with E-state index in [0.29, 0.717) is 0 Å². The molecule has 8 heteroatoms. The van der Waals surface area contributed by atoms with Crippen LogP contribution in [0.4, 0.5) is 0 Å². The van der Waals surface area contributed by atoms with Gasteiger partial charge in [0.2, 0.25) is 0 Å². The van der Waals surface area contributed by atoms with Crippen molar-refractivity contribution in [2.24, 2.45) is 0 Å². The van der Waals surface area contributed by atoms with Gasteiger partial charge >= 0.3 is 11.9 Å². The van der Waals surface area contributed by atoms with Gasteiger partial charge in [-0.2, -0.15) is 0 Å². The number of hydrogen-bond acceptors (Lipinski definition) is 7. The molecule has 3 atom stereocenters. The van der Waals surface area contributed by atoms with E-state index in [1.807, 2.05) is 0 Å². The number of methoxy groups -OCH3 is 2. The summed E-state index contributed by atoms with van der Waals surface area (Å²) >= 11 is 0. The molecule has 0 radical (unpaired) electrons. The Kier molecular flexibility index (Phi) is 11.3. The molecular formula is C25H46O7Si. The van der Waals surface area contributed by atoms with Gasteiger partial charge in [-0.15, -0.1) is 0 Å². The molecule has 0 bridgehead atoms. The van der Waals surface area contributed by atoms with Gasteiger partial charge in [-0.05, 0) is 38.4 Å². The largest absolute Gasteiger partial charge is 0.466 e. The minimum absolute atomic E-state index is 0.00493. The third kappa shape index (κ3) is 8.81. The van der Waals surface area contributed by atoms with Crippen LogP contribution in [0.15, 0.2) is 11.6 Å². The van der Waals surface area contributed by atoms with Crippen molar-refractivity contribution in [2.45, 2.75) is 122 Å². The maximum atomic E-state index is 12.6. The summed E-state index contributed by atoms with van der Waals surface area (Å²) in [7, 11) is 0.384. The standard InChI is InChI=1S/C25H46O7Si/c1-11-12-13-14-15-16-19(32-33(9,10)24(2,3)4)22-21(30-25(5,6)31-22)18(23(27)29-8)17-20(26)28-7/h17,19,21-22H,11-16H2,1-10H3/b18-17-. The van der Waals surface area contributed by atoms with Crippen LogP contribution in [0.25, 0.3) is 0 Å². The topological polar surface area (TPSA) is 80.3 Å². The van der Waals surface area contributed by atoms with E-state index in [1.54, 1.807) is 13.8 Å². The van der Waals surface area contributed by atoms with E-state index in [4.69, 9.17) is 23.4 Å². The quantitative estimate of drug-likeness (QED) is 0.155. The second kappa shape index (κ2) is 12.5. The lowest BCUT2D eigenvalue weighted by Gasteiger charge is -2.41. The van der Waals surface area contributed by atoms with Gasteiger partial charge in [0, 0.05) is 6.08 Å². The Labute approximate surface area is 201 Å². The highest BCUT2D eigenvalue weighted by molar-refractivity contribution is 6.74. The van der Waals surface area contributed by atoms with E-state index in [2.05, 4.69) is 40.8 Å². The first kappa shape index (κ1) is 29.8.